The van der Waals surface area contributed by atoms with E-state index in [9.17, 15) is 8.42 Å². The minimum Gasteiger partial charge on any atom is -0.486 e. The molecule has 3 aromatic rings. The van der Waals surface area contributed by atoms with Crippen molar-refractivity contribution in [1.29, 1.82) is 0 Å². The van der Waals surface area contributed by atoms with Gasteiger partial charge in [-0.2, -0.15) is 5.10 Å². The number of rotatable bonds is 4. The van der Waals surface area contributed by atoms with E-state index in [1.54, 1.807) is 30.3 Å². The molecule has 0 aliphatic carbocycles. The number of H-pyrrole nitrogens is 1. The van der Waals surface area contributed by atoms with E-state index in [2.05, 4.69) is 14.9 Å². The monoisotopic (exact) mass is 377 g/mol. The number of fused-ring (bicyclic) bond motifs is 1. The maximum atomic E-state index is 12.6. The van der Waals surface area contributed by atoms with E-state index in [-0.39, 0.29) is 4.21 Å². The molecule has 0 saturated carbocycles. The molecule has 0 spiro atoms. The van der Waals surface area contributed by atoms with Gasteiger partial charge in [-0.1, -0.05) is 0 Å². The van der Waals surface area contributed by atoms with Crippen LogP contribution in [0.25, 0.3) is 10.6 Å². The predicted molar refractivity (Wildman–Crippen MR) is 94.9 cm³/mol. The number of benzene rings is 1. The minimum atomic E-state index is -3.69. The fourth-order valence-corrected chi connectivity index (χ4v) is 4.78. The van der Waals surface area contributed by atoms with Crippen LogP contribution in [0.3, 0.4) is 0 Å². The lowest BCUT2D eigenvalue weighted by Crippen LogP contribution is -2.16. The molecule has 1 aromatic carbocycles. The molecule has 2 aromatic heterocycles. The quantitative estimate of drug-likeness (QED) is 0.729. The molecule has 9 heteroatoms. The van der Waals surface area contributed by atoms with Crippen LogP contribution in [0, 0.1) is 6.92 Å². The summed E-state index contributed by atoms with van der Waals surface area (Å²) in [7, 11) is -3.69. The number of nitrogens with one attached hydrogen (secondary N) is 2. The second-order valence-corrected chi connectivity index (χ2v) is 8.51. The normalized spacial score (nSPS) is 13.6. The SMILES string of the molecule is Cc1cc(-c2ccc(S(=O)(=O)Nc3ccc4c(c3)OCCO4)s2)n[nH]1. The molecule has 0 amide bonds. The first kappa shape index (κ1) is 16.0. The third-order valence-corrected chi connectivity index (χ3v) is 6.58. The van der Waals surface area contributed by atoms with Gasteiger partial charge in [0.2, 0.25) is 0 Å². The van der Waals surface area contributed by atoms with Gasteiger partial charge in [0, 0.05) is 11.8 Å². The Hall–Kier alpha value is -2.52. The number of anilines is 1. The molecule has 4 rings (SSSR count). The Morgan fingerprint density at radius 1 is 1.12 bits per heavy atom. The van der Waals surface area contributed by atoms with Crippen LogP contribution >= 0.6 is 11.3 Å². The maximum Gasteiger partial charge on any atom is 0.271 e. The summed E-state index contributed by atoms with van der Waals surface area (Å²) in [4.78, 5) is 0.784. The highest BCUT2D eigenvalue weighted by atomic mass is 32.2. The summed E-state index contributed by atoms with van der Waals surface area (Å²) in [5, 5.41) is 7.00. The van der Waals surface area contributed by atoms with Gasteiger partial charge in [0.15, 0.2) is 11.5 Å². The van der Waals surface area contributed by atoms with E-state index in [0.717, 1.165) is 16.3 Å². The van der Waals surface area contributed by atoms with Crippen molar-refractivity contribution in [3.8, 4) is 22.1 Å². The molecule has 0 fully saturated rings. The van der Waals surface area contributed by atoms with Gasteiger partial charge in [0.05, 0.1) is 10.6 Å². The predicted octanol–water partition coefficient (Wildman–Crippen LogP) is 3.02. The molecule has 0 saturated heterocycles. The van der Waals surface area contributed by atoms with Crippen LogP contribution in [0.2, 0.25) is 0 Å². The molecule has 130 valence electrons. The first-order valence-corrected chi connectivity index (χ1v) is 9.86. The lowest BCUT2D eigenvalue weighted by atomic mass is 10.3. The molecule has 1 aliphatic rings. The molecule has 3 heterocycles. The lowest BCUT2D eigenvalue weighted by Gasteiger charge is -2.19. The van der Waals surface area contributed by atoms with Gasteiger partial charge < -0.3 is 9.47 Å². The van der Waals surface area contributed by atoms with Crippen molar-refractivity contribution in [3.63, 3.8) is 0 Å². The van der Waals surface area contributed by atoms with Crippen LogP contribution in [-0.4, -0.2) is 31.8 Å². The zero-order valence-corrected chi connectivity index (χ0v) is 14.9. The van der Waals surface area contributed by atoms with Crippen LogP contribution in [0.5, 0.6) is 11.5 Å². The number of sulfonamides is 1. The topological polar surface area (TPSA) is 93.3 Å². The van der Waals surface area contributed by atoms with Crippen LogP contribution in [0.1, 0.15) is 5.69 Å². The highest BCUT2D eigenvalue weighted by molar-refractivity contribution is 7.94. The molecule has 7 nitrogen and oxygen atoms in total. The number of aromatic nitrogens is 2. The van der Waals surface area contributed by atoms with Crippen molar-refractivity contribution >= 4 is 27.0 Å². The van der Waals surface area contributed by atoms with E-state index in [1.165, 1.54) is 11.3 Å². The van der Waals surface area contributed by atoms with E-state index in [0.29, 0.717) is 30.4 Å². The second-order valence-electron chi connectivity index (χ2n) is 5.52. The molecule has 2 N–H and O–H groups in total. The Morgan fingerprint density at radius 2 is 1.92 bits per heavy atom. The fourth-order valence-electron chi connectivity index (χ4n) is 2.46. The van der Waals surface area contributed by atoms with Crippen molar-refractivity contribution in [2.75, 3.05) is 17.9 Å². The Bertz CT molecular complexity index is 1020. The van der Waals surface area contributed by atoms with Crippen LogP contribution < -0.4 is 14.2 Å². The van der Waals surface area contributed by atoms with Gasteiger partial charge in [0.25, 0.3) is 10.0 Å². The summed E-state index contributed by atoms with van der Waals surface area (Å²) in [6.45, 7) is 2.83. The van der Waals surface area contributed by atoms with Crippen molar-refractivity contribution < 1.29 is 17.9 Å². The van der Waals surface area contributed by atoms with Crippen LogP contribution in [0.4, 0.5) is 5.69 Å². The molecule has 0 atom stereocenters. The number of aryl methyl sites for hydroxylation is 1. The number of hydrogen-bond donors (Lipinski definition) is 2. The summed E-state index contributed by atoms with van der Waals surface area (Å²) in [6, 6.07) is 10.2. The largest absolute Gasteiger partial charge is 0.486 e. The van der Waals surface area contributed by atoms with E-state index in [4.69, 9.17) is 9.47 Å². The zero-order chi connectivity index (χ0) is 17.4. The molecular weight excluding hydrogens is 362 g/mol. The Morgan fingerprint density at radius 3 is 2.68 bits per heavy atom. The molecule has 0 radical (unpaired) electrons. The third-order valence-electron chi connectivity index (χ3n) is 3.60. The first-order chi connectivity index (χ1) is 12.0. The van der Waals surface area contributed by atoms with Gasteiger partial charge in [-0.15, -0.1) is 11.3 Å². The van der Waals surface area contributed by atoms with E-state index in [1.807, 2.05) is 13.0 Å². The van der Waals surface area contributed by atoms with Crippen molar-refractivity contribution in [2.24, 2.45) is 0 Å². The molecular formula is C16H15N3O4S2. The lowest BCUT2D eigenvalue weighted by molar-refractivity contribution is 0.171. The van der Waals surface area contributed by atoms with Gasteiger partial charge in [-0.3, -0.25) is 9.82 Å². The molecule has 25 heavy (non-hydrogen) atoms. The van der Waals surface area contributed by atoms with Gasteiger partial charge in [0.1, 0.15) is 23.1 Å². The number of aromatic amines is 1. The van der Waals surface area contributed by atoms with Crippen molar-refractivity contribution in [1.82, 2.24) is 10.2 Å². The van der Waals surface area contributed by atoms with Gasteiger partial charge in [-0.25, -0.2) is 8.42 Å². The number of nitrogens with zero attached hydrogens (tertiary/aromatic N) is 1. The van der Waals surface area contributed by atoms with Crippen molar-refractivity contribution in [3.05, 3.63) is 42.1 Å². The van der Waals surface area contributed by atoms with Gasteiger partial charge >= 0.3 is 0 Å². The summed E-state index contributed by atoms with van der Waals surface area (Å²) in [6.07, 6.45) is 0. The third kappa shape index (κ3) is 3.20. The second kappa shape index (κ2) is 6.08. The summed E-state index contributed by atoms with van der Waals surface area (Å²) >= 11 is 1.17. The maximum absolute atomic E-state index is 12.6. The molecule has 1 aliphatic heterocycles. The number of thiophene rings is 1. The first-order valence-electron chi connectivity index (χ1n) is 7.56. The van der Waals surface area contributed by atoms with E-state index < -0.39 is 10.0 Å². The number of hydrogen-bond acceptors (Lipinski definition) is 6. The smallest absolute Gasteiger partial charge is 0.271 e. The standard InChI is InChI=1S/C16H15N3O4S2/c1-10-8-12(18-17-10)15-4-5-16(24-15)25(20,21)19-11-2-3-13-14(9-11)23-7-6-22-13/h2-5,8-9,19H,6-7H2,1H3,(H,17,18). The summed E-state index contributed by atoms with van der Waals surface area (Å²) < 4.78 is 38.9. The van der Waals surface area contributed by atoms with Crippen LogP contribution in [-0.2, 0) is 10.0 Å². The van der Waals surface area contributed by atoms with Gasteiger partial charge in [-0.05, 0) is 37.3 Å². The Kier molecular flexibility index (Phi) is 3.89. The zero-order valence-electron chi connectivity index (χ0n) is 13.3. The highest BCUT2D eigenvalue weighted by Gasteiger charge is 2.20. The number of ether oxygens (including phenoxy) is 2. The summed E-state index contributed by atoms with van der Waals surface area (Å²) in [5.74, 6) is 1.15. The van der Waals surface area contributed by atoms with Crippen LogP contribution in [0.15, 0.2) is 40.6 Å². The minimum absolute atomic E-state index is 0.220. The summed E-state index contributed by atoms with van der Waals surface area (Å²) in [5.41, 5.74) is 2.07. The highest BCUT2D eigenvalue weighted by Crippen LogP contribution is 2.35. The Balaban J connectivity index is 1.59. The average molecular weight is 377 g/mol. The molecule has 0 unspecified atom stereocenters. The van der Waals surface area contributed by atoms with E-state index >= 15 is 0 Å². The van der Waals surface area contributed by atoms with Crippen molar-refractivity contribution in [2.45, 2.75) is 11.1 Å². The Labute approximate surface area is 148 Å². The molecule has 0 bridgehead atoms. The fraction of sp³-hybridized carbons (Fsp3) is 0.188. The average Bonchev–Trinajstić information content (AvgIpc) is 3.23.